The maximum absolute atomic E-state index is 11.3. The van der Waals surface area contributed by atoms with Crippen LogP contribution in [0.4, 0.5) is 15.5 Å². The predicted octanol–water partition coefficient (Wildman–Crippen LogP) is 3.49. The molecule has 0 aliphatic rings. The van der Waals surface area contributed by atoms with Crippen molar-refractivity contribution in [3.8, 4) is 5.75 Å². The fraction of sp³-hybridized carbons (Fsp3) is 0.0833. The standard InChI is InChI=1S/C12H11NO3S/c1-17-7-3-6-11(17)13(12(15)16)9-4-2-5-10(14)8-9/h2-8H,1H3,(H-,14,15,16)/p+1. The van der Waals surface area contributed by atoms with Crippen LogP contribution in [0.1, 0.15) is 0 Å². The number of carboxylic acid groups (broad SMARTS) is 1. The van der Waals surface area contributed by atoms with E-state index in [0.29, 0.717) is 10.7 Å². The van der Waals surface area contributed by atoms with Gasteiger partial charge in [0, 0.05) is 12.1 Å². The van der Waals surface area contributed by atoms with E-state index in [0.717, 1.165) is 0 Å². The zero-order chi connectivity index (χ0) is 12.4. The number of aryl methyl sites for hydroxylation is 1. The van der Waals surface area contributed by atoms with Crippen LogP contribution >= 0.6 is 10.5 Å². The fourth-order valence-corrected chi connectivity index (χ4v) is 2.82. The van der Waals surface area contributed by atoms with Gasteiger partial charge in [-0.15, -0.1) is 0 Å². The summed E-state index contributed by atoms with van der Waals surface area (Å²) in [6.45, 7) is 0. The molecule has 2 aromatic rings. The summed E-state index contributed by atoms with van der Waals surface area (Å²) in [5.74, 6) is 0.0521. The van der Waals surface area contributed by atoms with Crippen LogP contribution in [0.3, 0.4) is 0 Å². The zero-order valence-corrected chi connectivity index (χ0v) is 10.0. The molecule has 0 aliphatic heterocycles. The van der Waals surface area contributed by atoms with Crippen molar-refractivity contribution in [3.05, 3.63) is 41.8 Å². The summed E-state index contributed by atoms with van der Waals surface area (Å²) >= 11 is 0. The van der Waals surface area contributed by atoms with Crippen molar-refractivity contribution in [2.75, 3.05) is 4.90 Å². The monoisotopic (exact) mass is 250 g/mol. The molecule has 2 N–H and O–H groups in total. The molecule has 1 heterocycles. The van der Waals surface area contributed by atoms with E-state index in [2.05, 4.69) is 0 Å². The van der Waals surface area contributed by atoms with Crippen LogP contribution in [-0.2, 0) is 6.26 Å². The Kier molecular flexibility index (Phi) is 3.01. The van der Waals surface area contributed by atoms with E-state index >= 15 is 0 Å². The van der Waals surface area contributed by atoms with Crippen LogP contribution in [0, 0.1) is 0 Å². The molecule has 1 aromatic heterocycles. The Bertz CT molecular complexity index is 550. The van der Waals surface area contributed by atoms with Crippen LogP contribution in [0.5, 0.6) is 5.75 Å². The first-order valence-electron chi connectivity index (χ1n) is 4.95. The summed E-state index contributed by atoms with van der Waals surface area (Å²) in [6.07, 6.45) is 0.901. The molecule has 0 saturated carbocycles. The number of rotatable bonds is 2. The van der Waals surface area contributed by atoms with Crippen molar-refractivity contribution in [2.24, 2.45) is 6.26 Å². The number of thiophene rings is 1. The number of anilines is 2. The van der Waals surface area contributed by atoms with Crippen molar-refractivity contribution in [2.45, 2.75) is 0 Å². The second-order valence-corrected chi connectivity index (χ2v) is 5.33. The van der Waals surface area contributed by atoms with Gasteiger partial charge in [-0.2, -0.15) is 0 Å². The molecule has 0 fully saturated rings. The van der Waals surface area contributed by atoms with E-state index in [9.17, 15) is 15.0 Å². The minimum absolute atomic E-state index is 0.0521. The average Bonchev–Trinajstić information content (AvgIpc) is 2.65. The van der Waals surface area contributed by atoms with E-state index in [1.165, 1.54) is 17.0 Å². The summed E-state index contributed by atoms with van der Waals surface area (Å²) in [5.41, 5.74) is 0.451. The molecule has 0 aliphatic carbocycles. The van der Waals surface area contributed by atoms with Crippen LogP contribution in [0.15, 0.2) is 41.8 Å². The first kappa shape index (κ1) is 11.5. The Hall–Kier alpha value is -2.01. The third-order valence-corrected chi connectivity index (χ3v) is 3.89. The number of hydrogen-bond donors (Lipinski definition) is 2. The number of hydrogen-bond acceptors (Lipinski definition) is 2. The van der Waals surface area contributed by atoms with E-state index in [1.54, 1.807) is 18.2 Å². The molecule has 4 nitrogen and oxygen atoms in total. The Balaban J connectivity index is 2.50. The third kappa shape index (κ3) is 2.24. The van der Waals surface area contributed by atoms with Gasteiger partial charge in [-0.1, -0.05) is 6.07 Å². The highest BCUT2D eigenvalue weighted by Crippen LogP contribution is 2.36. The van der Waals surface area contributed by atoms with Gasteiger partial charge in [0.1, 0.15) is 17.4 Å². The van der Waals surface area contributed by atoms with Gasteiger partial charge in [-0.05, 0) is 28.7 Å². The molecule has 0 saturated heterocycles. The lowest BCUT2D eigenvalue weighted by molar-refractivity contribution is 0.205. The van der Waals surface area contributed by atoms with Crippen molar-refractivity contribution in [3.63, 3.8) is 0 Å². The highest BCUT2D eigenvalue weighted by molar-refractivity contribution is 7.31. The first-order valence-corrected chi connectivity index (χ1v) is 6.64. The maximum atomic E-state index is 11.3. The Morgan fingerprint density at radius 3 is 2.59 bits per heavy atom. The van der Waals surface area contributed by atoms with Crippen LogP contribution in [-0.4, -0.2) is 16.3 Å². The van der Waals surface area contributed by atoms with E-state index in [4.69, 9.17) is 0 Å². The molecule has 1 amide bonds. The number of phenols is 1. The van der Waals surface area contributed by atoms with Gasteiger partial charge >= 0.3 is 6.09 Å². The second kappa shape index (κ2) is 4.47. The van der Waals surface area contributed by atoms with Crippen molar-refractivity contribution in [1.29, 1.82) is 0 Å². The molecule has 17 heavy (non-hydrogen) atoms. The summed E-state index contributed by atoms with van der Waals surface area (Å²) in [7, 11) is -0.224. The summed E-state index contributed by atoms with van der Waals surface area (Å²) < 4.78 is 0. The van der Waals surface area contributed by atoms with Crippen LogP contribution in [0.25, 0.3) is 0 Å². The maximum Gasteiger partial charge on any atom is 0.420 e. The number of nitrogens with zero attached hydrogens (tertiary/aromatic N) is 1. The van der Waals surface area contributed by atoms with Crippen LogP contribution in [0.2, 0.25) is 0 Å². The molecule has 1 unspecified atom stereocenters. The Morgan fingerprint density at radius 2 is 2.06 bits per heavy atom. The lowest BCUT2D eigenvalue weighted by atomic mass is 10.3. The third-order valence-electron chi connectivity index (χ3n) is 2.35. The number of aromatic hydroxyl groups is 1. The molecular formula is C12H12NO3S+. The Morgan fingerprint density at radius 1 is 1.29 bits per heavy atom. The molecule has 1 atom stereocenters. The van der Waals surface area contributed by atoms with Gasteiger partial charge in [0.05, 0.1) is 5.69 Å². The smallest absolute Gasteiger partial charge is 0.420 e. The van der Waals surface area contributed by atoms with Crippen LogP contribution < -0.4 is 4.90 Å². The molecule has 1 aromatic carbocycles. The number of benzene rings is 1. The largest absolute Gasteiger partial charge is 0.508 e. The highest BCUT2D eigenvalue weighted by Gasteiger charge is 2.25. The number of amides is 1. The molecule has 0 radical (unpaired) electrons. The van der Waals surface area contributed by atoms with Crippen molar-refractivity contribution in [1.82, 2.24) is 0 Å². The van der Waals surface area contributed by atoms with Crippen molar-refractivity contribution >= 4 is 27.3 Å². The highest BCUT2D eigenvalue weighted by atomic mass is 32.2. The van der Waals surface area contributed by atoms with Gasteiger partial charge in [-0.3, -0.25) is 0 Å². The molecule has 0 bridgehead atoms. The molecule has 88 valence electrons. The van der Waals surface area contributed by atoms with E-state index < -0.39 is 6.09 Å². The second-order valence-electron chi connectivity index (χ2n) is 3.53. The van der Waals surface area contributed by atoms with Crippen molar-refractivity contribution < 1.29 is 15.0 Å². The summed E-state index contributed by atoms with van der Waals surface area (Å²) in [4.78, 5) is 12.5. The summed E-state index contributed by atoms with van der Waals surface area (Å²) in [6, 6.07) is 9.85. The average molecular weight is 250 g/mol. The summed E-state index contributed by atoms with van der Waals surface area (Å²) in [5, 5.41) is 21.3. The van der Waals surface area contributed by atoms with Gasteiger partial charge < -0.3 is 10.2 Å². The molecule has 5 heteroatoms. The van der Waals surface area contributed by atoms with E-state index in [-0.39, 0.29) is 16.2 Å². The predicted molar refractivity (Wildman–Crippen MR) is 68.2 cm³/mol. The molecule has 0 spiro atoms. The topological polar surface area (TPSA) is 60.8 Å². The zero-order valence-electron chi connectivity index (χ0n) is 9.20. The fourth-order valence-electron chi connectivity index (χ4n) is 1.60. The molecular weight excluding hydrogens is 238 g/mol. The molecule has 2 rings (SSSR count). The SMILES string of the molecule is C[s+]1cccc1N(C(=O)O)c1cccc(O)c1. The van der Waals surface area contributed by atoms with Gasteiger partial charge in [0.25, 0.3) is 5.00 Å². The Labute approximate surface area is 101 Å². The first-order chi connectivity index (χ1) is 8.09. The van der Waals surface area contributed by atoms with Gasteiger partial charge in [-0.25, -0.2) is 9.69 Å². The van der Waals surface area contributed by atoms with Gasteiger partial charge in [0.2, 0.25) is 0 Å². The number of phenolic OH excluding ortho intramolecular Hbond substituents is 1. The minimum atomic E-state index is -1.05. The van der Waals surface area contributed by atoms with Gasteiger partial charge in [0.15, 0.2) is 0 Å². The lowest BCUT2D eigenvalue weighted by Crippen LogP contribution is -2.22. The normalized spacial score (nSPS) is 11.2. The lowest BCUT2D eigenvalue weighted by Gasteiger charge is -2.14. The quantitative estimate of drug-likeness (QED) is 0.802. The minimum Gasteiger partial charge on any atom is -0.508 e. The van der Waals surface area contributed by atoms with E-state index in [1.807, 2.05) is 17.7 Å². The number of carbonyl (C=O) groups is 1.